The maximum Gasteiger partial charge on any atom is 0.225 e. The highest BCUT2D eigenvalue weighted by molar-refractivity contribution is 9.10. The molecule has 0 spiro atoms. The summed E-state index contributed by atoms with van der Waals surface area (Å²) in [5.74, 6) is 1.96. The molecule has 0 unspecified atom stereocenters. The third-order valence-electron chi connectivity index (χ3n) is 5.19. The molecule has 4 nitrogen and oxygen atoms in total. The van der Waals surface area contributed by atoms with Gasteiger partial charge in [-0.1, -0.05) is 72.8 Å². The predicted octanol–water partition coefficient (Wildman–Crippen LogP) is 6.72. The van der Waals surface area contributed by atoms with Crippen molar-refractivity contribution >= 4 is 27.7 Å². The van der Waals surface area contributed by atoms with Gasteiger partial charge in [-0.3, -0.25) is 0 Å². The quantitative estimate of drug-likeness (QED) is 0.366. The molecule has 1 saturated carbocycles. The highest BCUT2D eigenvalue weighted by atomic mass is 79.9. The van der Waals surface area contributed by atoms with Gasteiger partial charge in [-0.05, 0) is 58.8 Å². The molecule has 4 rings (SSSR count). The van der Waals surface area contributed by atoms with Crippen LogP contribution in [-0.2, 0) is 0 Å². The molecule has 0 radical (unpaired) electrons. The highest BCUT2D eigenvalue weighted by Gasteiger charge is 2.23. The summed E-state index contributed by atoms with van der Waals surface area (Å²) in [6, 6.07) is 20.6. The molecular weight excluding hydrogens is 436 g/mol. The number of rotatable bonds is 8. The molecule has 1 heterocycles. The van der Waals surface area contributed by atoms with Gasteiger partial charge in [0.05, 0.1) is 10.5 Å². The molecule has 2 N–H and O–H groups in total. The second kappa shape index (κ2) is 9.26. The minimum Gasteiger partial charge on any atom is -0.343 e. The molecule has 5 heteroatoms. The second-order valence-corrected chi connectivity index (χ2v) is 8.46. The number of nitrogens with zero attached hydrogens (tertiary/aromatic N) is 2. The summed E-state index contributed by atoms with van der Waals surface area (Å²) in [7, 11) is 0. The Balaban J connectivity index is 1.57. The van der Waals surface area contributed by atoms with Crippen LogP contribution in [0.3, 0.4) is 0 Å². The number of benzene rings is 2. The van der Waals surface area contributed by atoms with Crippen molar-refractivity contribution in [1.29, 1.82) is 0 Å². The van der Waals surface area contributed by atoms with Crippen LogP contribution in [0.2, 0.25) is 0 Å². The van der Waals surface area contributed by atoms with E-state index in [4.69, 9.17) is 4.98 Å². The normalized spacial score (nSPS) is 13.9. The molecule has 0 atom stereocenters. The van der Waals surface area contributed by atoms with E-state index in [0.717, 1.165) is 21.3 Å². The molecule has 30 heavy (non-hydrogen) atoms. The Labute approximate surface area is 186 Å². The molecule has 1 fully saturated rings. The van der Waals surface area contributed by atoms with Gasteiger partial charge in [0.15, 0.2) is 0 Å². The van der Waals surface area contributed by atoms with Crippen LogP contribution in [0.15, 0.2) is 95.3 Å². The van der Waals surface area contributed by atoms with E-state index in [0.29, 0.717) is 17.7 Å². The maximum absolute atomic E-state index is 4.70. The van der Waals surface area contributed by atoms with Gasteiger partial charge in [-0.2, -0.15) is 4.98 Å². The topological polar surface area (TPSA) is 49.8 Å². The molecular formula is C25H25BrN4. The number of hydrogen-bond donors (Lipinski definition) is 2. The predicted molar refractivity (Wildman–Crippen MR) is 127 cm³/mol. The Kier molecular flexibility index (Phi) is 6.29. The van der Waals surface area contributed by atoms with Crippen molar-refractivity contribution in [3.05, 3.63) is 106 Å². The van der Waals surface area contributed by atoms with Crippen molar-refractivity contribution in [2.24, 2.45) is 5.92 Å². The minimum absolute atomic E-state index is 0.0540. The first-order valence-corrected chi connectivity index (χ1v) is 10.9. The van der Waals surface area contributed by atoms with E-state index in [1.54, 1.807) is 6.20 Å². The Morgan fingerprint density at radius 1 is 1.07 bits per heavy atom. The first-order valence-electron chi connectivity index (χ1n) is 10.1. The first kappa shape index (κ1) is 20.4. The monoisotopic (exact) mass is 460 g/mol. The van der Waals surface area contributed by atoms with Gasteiger partial charge in [0.25, 0.3) is 0 Å². The minimum atomic E-state index is -0.0540. The van der Waals surface area contributed by atoms with Gasteiger partial charge in [0.2, 0.25) is 5.95 Å². The van der Waals surface area contributed by atoms with E-state index in [2.05, 4.69) is 75.4 Å². The molecule has 1 aromatic heterocycles. The lowest BCUT2D eigenvalue weighted by Gasteiger charge is -2.20. The van der Waals surface area contributed by atoms with Gasteiger partial charge in [-0.15, -0.1) is 0 Å². The van der Waals surface area contributed by atoms with Crippen LogP contribution in [0.25, 0.3) is 0 Å². The lowest BCUT2D eigenvalue weighted by Crippen LogP contribution is -2.15. The molecule has 1 aliphatic rings. The Morgan fingerprint density at radius 2 is 1.67 bits per heavy atom. The molecule has 0 aliphatic heterocycles. The van der Waals surface area contributed by atoms with Crippen LogP contribution in [-0.4, -0.2) is 9.97 Å². The zero-order chi connectivity index (χ0) is 20.9. The van der Waals surface area contributed by atoms with E-state index in [1.807, 2.05) is 36.4 Å². The van der Waals surface area contributed by atoms with Crippen molar-refractivity contribution in [2.75, 3.05) is 10.6 Å². The number of halogens is 1. The largest absolute Gasteiger partial charge is 0.343 e. The average Bonchev–Trinajstić information content (AvgIpc) is 3.61. The highest BCUT2D eigenvalue weighted by Crippen LogP contribution is 2.36. The molecule has 3 aromatic rings. The molecule has 1 aliphatic carbocycles. The summed E-state index contributed by atoms with van der Waals surface area (Å²) in [6.07, 6.45) is 6.42. The van der Waals surface area contributed by atoms with E-state index in [9.17, 15) is 0 Å². The number of nitrogens with one attached hydrogen (secondary N) is 2. The standard InChI is InChI=1S/C25H25BrN4/c1-17(19-13-14-19)15-18(2)28-24-22(26)16-27-25(30-24)29-23(20-9-5-3-6-10-20)21-11-7-4-8-12-21/h3-12,15-16,19,23H,2,13-14H2,1H3,(H2,27,28,29,30)/b17-15+. The third kappa shape index (κ3) is 5.16. The third-order valence-corrected chi connectivity index (χ3v) is 5.77. The van der Waals surface area contributed by atoms with Crippen molar-refractivity contribution in [2.45, 2.75) is 25.8 Å². The fourth-order valence-corrected chi connectivity index (χ4v) is 3.71. The van der Waals surface area contributed by atoms with Crippen LogP contribution < -0.4 is 10.6 Å². The number of anilines is 2. The van der Waals surface area contributed by atoms with E-state index in [-0.39, 0.29) is 6.04 Å². The summed E-state index contributed by atoms with van der Waals surface area (Å²) in [5, 5.41) is 6.80. The Hall–Kier alpha value is -2.92. The second-order valence-electron chi connectivity index (χ2n) is 7.60. The van der Waals surface area contributed by atoms with Crippen molar-refractivity contribution in [3.8, 4) is 0 Å². The number of allylic oxidation sites excluding steroid dienone is 2. The molecule has 0 saturated heterocycles. The summed E-state index contributed by atoms with van der Waals surface area (Å²) in [6.45, 7) is 6.30. The molecule has 152 valence electrons. The van der Waals surface area contributed by atoms with Gasteiger partial charge < -0.3 is 10.6 Å². The summed E-state index contributed by atoms with van der Waals surface area (Å²) >= 11 is 3.55. The van der Waals surface area contributed by atoms with Crippen molar-refractivity contribution in [1.82, 2.24) is 9.97 Å². The fourth-order valence-electron chi connectivity index (χ4n) is 3.42. The SMILES string of the molecule is C=C(/C=C(\C)C1CC1)Nc1nc(NC(c2ccccc2)c2ccccc2)ncc1Br. The summed E-state index contributed by atoms with van der Waals surface area (Å²) in [4.78, 5) is 9.18. The van der Waals surface area contributed by atoms with Crippen molar-refractivity contribution in [3.63, 3.8) is 0 Å². The van der Waals surface area contributed by atoms with Gasteiger partial charge in [0.1, 0.15) is 5.82 Å². The zero-order valence-electron chi connectivity index (χ0n) is 17.0. The van der Waals surface area contributed by atoms with Crippen LogP contribution in [0, 0.1) is 5.92 Å². The fraction of sp³-hybridized carbons (Fsp3) is 0.200. The summed E-state index contributed by atoms with van der Waals surface area (Å²) < 4.78 is 0.794. The van der Waals surface area contributed by atoms with E-state index < -0.39 is 0 Å². The zero-order valence-corrected chi connectivity index (χ0v) is 18.6. The van der Waals surface area contributed by atoms with Crippen LogP contribution in [0.5, 0.6) is 0 Å². The lowest BCUT2D eigenvalue weighted by atomic mass is 9.99. The smallest absolute Gasteiger partial charge is 0.225 e. The molecule has 2 aromatic carbocycles. The Bertz CT molecular complexity index is 1000. The first-order chi connectivity index (χ1) is 14.6. The Morgan fingerprint density at radius 3 is 2.23 bits per heavy atom. The number of hydrogen-bond acceptors (Lipinski definition) is 4. The van der Waals surface area contributed by atoms with Gasteiger partial charge in [-0.25, -0.2) is 4.98 Å². The van der Waals surface area contributed by atoms with Gasteiger partial charge in [0, 0.05) is 11.9 Å². The maximum atomic E-state index is 4.70. The van der Waals surface area contributed by atoms with Crippen molar-refractivity contribution < 1.29 is 0 Å². The average molecular weight is 461 g/mol. The van der Waals surface area contributed by atoms with Crippen LogP contribution in [0.1, 0.15) is 36.9 Å². The molecule has 0 bridgehead atoms. The van der Waals surface area contributed by atoms with Crippen LogP contribution >= 0.6 is 15.9 Å². The lowest BCUT2D eigenvalue weighted by molar-refractivity contribution is 0.907. The van der Waals surface area contributed by atoms with Crippen LogP contribution in [0.4, 0.5) is 11.8 Å². The molecule has 0 amide bonds. The van der Waals surface area contributed by atoms with E-state index >= 15 is 0 Å². The summed E-state index contributed by atoms with van der Waals surface area (Å²) in [5.41, 5.74) is 4.49. The number of aromatic nitrogens is 2. The van der Waals surface area contributed by atoms with E-state index in [1.165, 1.54) is 18.4 Å². The van der Waals surface area contributed by atoms with Gasteiger partial charge >= 0.3 is 0 Å².